The smallest absolute Gasteiger partial charge is 0.0193 e. The van der Waals surface area contributed by atoms with Gasteiger partial charge >= 0.3 is 0 Å². The molecular formula is C12H22N2. The van der Waals surface area contributed by atoms with Crippen LogP contribution in [-0.4, -0.2) is 37.6 Å². The molecule has 2 nitrogen and oxygen atoms in total. The van der Waals surface area contributed by atoms with Gasteiger partial charge in [0.1, 0.15) is 0 Å². The summed E-state index contributed by atoms with van der Waals surface area (Å²) in [4.78, 5) is 2.60. The van der Waals surface area contributed by atoms with E-state index in [9.17, 15) is 0 Å². The first-order valence-electron chi connectivity index (χ1n) is 5.67. The van der Waals surface area contributed by atoms with Crippen molar-refractivity contribution in [1.82, 2.24) is 10.2 Å². The van der Waals surface area contributed by atoms with Crippen LogP contribution >= 0.6 is 0 Å². The molecule has 2 fully saturated rings. The maximum absolute atomic E-state index is 3.31. The molecule has 0 bridgehead atoms. The summed E-state index contributed by atoms with van der Waals surface area (Å²) >= 11 is 0. The van der Waals surface area contributed by atoms with Crippen molar-refractivity contribution in [3.8, 4) is 0 Å². The Hall–Kier alpha value is -0.340. The second kappa shape index (κ2) is 3.67. The molecule has 0 aromatic rings. The highest BCUT2D eigenvalue weighted by atomic mass is 15.2. The molecule has 2 aliphatic heterocycles. The summed E-state index contributed by atoms with van der Waals surface area (Å²) in [6.45, 7) is 13.0. The van der Waals surface area contributed by atoms with E-state index in [4.69, 9.17) is 0 Å². The van der Waals surface area contributed by atoms with E-state index in [2.05, 4.69) is 31.0 Å². The Labute approximate surface area is 87.4 Å². The number of likely N-dealkylation sites (tertiary alicyclic amines) is 1. The first-order chi connectivity index (χ1) is 6.57. The van der Waals surface area contributed by atoms with Crippen molar-refractivity contribution in [1.29, 1.82) is 0 Å². The standard InChI is InChI=1S/C12H22N2/c1-10(11-6-13-7-11)8-14-5-4-12(2,3)9-14/h13H,4-9H2,1-3H3. The van der Waals surface area contributed by atoms with Crippen LogP contribution in [0.3, 0.4) is 0 Å². The minimum atomic E-state index is 0.544. The Kier molecular flexibility index (Phi) is 2.67. The van der Waals surface area contributed by atoms with Crippen molar-refractivity contribution in [2.24, 2.45) is 5.41 Å². The van der Waals surface area contributed by atoms with Gasteiger partial charge in [0.2, 0.25) is 0 Å². The zero-order valence-corrected chi connectivity index (χ0v) is 9.69. The maximum Gasteiger partial charge on any atom is 0.0193 e. The van der Waals surface area contributed by atoms with E-state index in [1.54, 1.807) is 11.1 Å². The zero-order valence-electron chi connectivity index (χ0n) is 9.69. The summed E-state index contributed by atoms with van der Waals surface area (Å²) in [5, 5.41) is 3.31. The van der Waals surface area contributed by atoms with Crippen LogP contribution in [0.1, 0.15) is 27.2 Å². The molecular weight excluding hydrogens is 172 g/mol. The second-order valence-corrected chi connectivity index (χ2v) is 5.61. The van der Waals surface area contributed by atoms with E-state index in [0.717, 1.165) is 13.1 Å². The molecule has 0 aromatic carbocycles. The van der Waals surface area contributed by atoms with E-state index >= 15 is 0 Å². The van der Waals surface area contributed by atoms with Gasteiger partial charge in [-0.25, -0.2) is 0 Å². The minimum Gasteiger partial charge on any atom is -0.309 e. The maximum atomic E-state index is 3.31. The molecule has 0 unspecified atom stereocenters. The van der Waals surface area contributed by atoms with Crippen molar-refractivity contribution in [2.75, 3.05) is 32.7 Å². The van der Waals surface area contributed by atoms with Crippen LogP contribution in [0.25, 0.3) is 0 Å². The number of nitrogens with zero attached hydrogens (tertiary/aromatic N) is 1. The van der Waals surface area contributed by atoms with Crippen LogP contribution in [0.15, 0.2) is 11.1 Å². The molecule has 0 atom stereocenters. The summed E-state index contributed by atoms with van der Waals surface area (Å²) in [6.07, 6.45) is 1.36. The predicted molar refractivity (Wildman–Crippen MR) is 60.4 cm³/mol. The fourth-order valence-electron chi connectivity index (χ4n) is 2.36. The molecule has 2 rings (SSSR count). The molecule has 0 aliphatic carbocycles. The first-order valence-corrected chi connectivity index (χ1v) is 5.67. The van der Waals surface area contributed by atoms with Crippen LogP contribution in [0.2, 0.25) is 0 Å². The number of nitrogens with one attached hydrogen (secondary N) is 1. The Bertz CT molecular complexity index is 247. The summed E-state index contributed by atoms with van der Waals surface area (Å²) in [6, 6.07) is 0. The predicted octanol–water partition coefficient (Wildman–Crippen LogP) is 1.64. The largest absolute Gasteiger partial charge is 0.309 e. The van der Waals surface area contributed by atoms with Crippen molar-refractivity contribution in [3.63, 3.8) is 0 Å². The highest BCUT2D eigenvalue weighted by Gasteiger charge is 2.29. The number of hydrogen-bond donors (Lipinski definition) is 1. The topological polar surface area (TPSA) is 15.3 Å². The van der Waals surface area contributed by atoms with Crippen molar-refractivity contribution < 1.29 is 0 Å². The molecule has 0 saturated carbocycles. The minimum absolute atomic E-state index is 0.544. The fraction of sp³-hybridized carbons (Fsp3) is 0.833. The molecule has 0 aromatic heterocycles. The van der Waals surface area contributed by atoms with Gasteiger partial charge in [-0.1, -0.05) is 19.4 Å². The third-order valence-corrected chi connectivity index (χ3v) is 3.50. The van der Waals surface area contributed by atoms with Gasteiger partial charge in [0.05, 0.1) is 0 Å². The van der Waals surface area contributed by atoms with E-state index < -0.39 is 0 Å². The molecule has 1 N–H and O–H groups in total. The number of rotatable bonds is 2. The third kappa shape index (κ3) is 2.18. The van der Waals surface area contributed by atoms with Crippen LogP contribution in [-0.2, 0) is 0 Å². The van der Waals surface area contributed by atoms with Gasteiger partial charge in [-0.15, -0.1) is 0 Å². The highest BCUT2D eigenvalue weighted by Crippen LogP contribution is 2.29. The van der Waals surface area contributed by atoms with Crippen molar-refractivity contribution >= 4 is 0 Å². The van der Waals surface area contributed by atoms with Gasteiger partial charge in [-0.3, -0.25) is 4.90 Å². The van der Waals surface area contributed by atoms with Gasteiger partial charge in [0, 0.05) is 26.2 Å². The molecule has 0 amide bonds. The average Bonchev–Trinajstić information content (AvgIpc) is 2.25. The van der Waals surface area contributed by atoms with Crippen LogP contribution < -0.4 is 5.32 Å². The van der Waals surface area contributed by atoms with Gasteiger partial charge in [-0.2, -0.15) is 0 Å². The monoisotopic (exact) mass is 194 g/mol. The van der Waals surface area contributed by atoms with E-state index in [-0.39, 0.29) is 0 Å². The Balaban J connectivity index is 1.87. The molecule has 2 aliphatic rings. The van der Waals surface area contributed by atoms with Gasteiger partial charge in [0.25, 0.3) is 0 Å². The molecule has 2 heteroatoms. The van der Waals surface area contributed by atoms with Crippen LogP contribution in [0, 0.1) is 5.41 Å². The molecule has 2 saturated heterocycles. The van der Waals surface area contributed by atoms with E-state index in [0.29, 0.717) is 5.41 Å². The summed E-state index contributed by atoms with van der Waals surface area (Å²) in [5.74, 6) is 0. The second-order valence-electron chi connectivity index (χ2n) is 5.61. The van der Waals surface area contributed by atoms with Gasteiger partial charge in [-0.05, 0) is 30.9 Å². The zero-order chi connectivity index (χ0) is 10.2. The lowest BCUT2D eigenvalue weighted by molar-refractivity contribution is 0.308. The average molecular weight is 194 g/mol. The summed E-state index contributed by atoms with van der Waals surface area (Å²) < 4.78 is 0. The SMILES string of the molecule is CC(CN1CCC(C)(C)C1)=C1CNC1. The van der Waals surface area contributed by atoms with Crippen LogP contribution in [0.5, 0.6) is 0 Å². The Morgan fingerprint density at radius 3 is 2.57 bits per heavy atom. The number of hydrogen-bond acceptors (Lipinski definition) is 2. The molecule has 14 heavy (non-hydrogen) atoms. The van der Waals surface area contributed by atoms with E-state index in [1.165, 1.54) is 26.1 Å². The lowest BCUT2D eigenvalue weighted by atomic mass is 9.93. The molecule has 80 valence electrons. The first kappa shape index (κ1) is 10.2. The van der Waals surface area contributed by atoms with Gasteiger partial charge < -0.3 is 5.32 Å². The third-order valence-electron chi connectivity index (χ3n) is 3.50. The summed E-state index contributed by atoms with van der Waals surface area (Å²) in [5.41, 5.74) is 3.78. The quantitative estimate of drug-likeness (QED) is 0.672. The lowest BCUT2D eigenvalue weighted by Crippen LogP contribution is -2.36. The molecule has 0 spiro atoms. The van der Waals surface area contributed by atoms with Crippen molar-refractivity contribution in [3.05, 3.63) is 11.1 Å². The molecule has 0 radical (unpaired) electrons. The normalized spacial score (nSPS) is 26.4. The van der Waals surface area contributed by atoms with Gasteiger partial charge in [0.15, 0.2) is 0 Å². The van der Waals surface area contributed by atoms with Crippen molar-refractivity contribution in [2.45, 2.75) is 27.2 Å². The molecule has 2 heterocycles. The Morgan fingerprint density at radius 1 is 1.43 bits per heavy atom. The lowest BCUT2D eigenvalue weighted by Gasteiger charge is -2.25. The highest BCUT2D eigenvalue weighted by molar-refractivity contribution is 5.22. The summed E-state index contributed by atoms with van der Waals surface area (Å²) in [7, 11) is 0. The fourth-order valence-corrected chi connectivity index (χ4v) is 2.36. The van der Waals surface area contributed by atoms with E-state index in [1.807, 2.05) is 0 Å². The Morgan fingerprint density at radius 2 is 2.14 bits per heavy atom. The van der Waals surface area contributed by atoms with Crippen LogP contribution in [0.4, 0.5) is 0 Å².